The molecule has 1 aliphatic carbocycles. The van der Waals surface area contributed by atoms with Gasteiger partial charge >= 0.3 is 0 Å². The Labute approximate surface area is 127 Å². The molecule has 0 heterocycles. The summed E-state index contributed by atoms with van der Waals surface area (Å²) in [7, 11) is 0. The molecule has 3 heteroatoms. The predicted octanol–water partition coefficient (Wildman–Crippen LogP) is 2.61. The molecule has 1 aliphatic rings. The number of carbonyl (C=O) groups excluding carboxylic acids is 1. The Bertz CT molecular complexity index is 560. The minimum Gasteiger partial charge on any atom is -0.349 e. The zero-order valence-corrected chi connectivity index (χ0v) is 12.9. The molecule has 1 aromatic rings. The van der Waals surface area contributed by atoms with Crippen molar-refractivity contribution in [2.45, 2.75) is 45.6 Å². The topological polar surface area (TPSA) is 55.1 Å². The van der Waals surface area contributed by atoms with Crippen molar-refractivity contribution in [2.24, 2.45) is 11.7 Å². The monoisotopic (exact) mass is 284 g/mol. The van der Waals surface area contributed by atoms with Gasteiger partial charge in [-0.15, -0.1) is 0 Å². The molecule has 1 amide bonds. The fraction of sp³-hybridized carbons (Fsp3) is 0.500. The van der Waals surface area contributed by atoms with E-state index in [0.29, 0.717) is 18.2 Å². The Morgan fingerprint density at radius 3 is 2.71 bits per heavy atom. The van der Waals surface area contributed by atoms with Crippen LogP contribution in [0.25, 0.3) is 0 Å². The van der Waals surface area contributed by atoms with Gasteiger partial charge in [0.05, 0.1) is 12.1 Å². The van der Waals surface area contributed by atoms with Gasteiger partial charge in [-0.1, -0.05) is 30.4 Å². The van der Waals surface area contributed by atoms with Crippen LogP contribution in [0.3, 0.4) is 0 Å². The van der Waals surface area contributed by atoms with Gasteiger partial charge in [0.25, 0.3) is 5.91 Å². The molecule has 112 valence electrons. The summed E-state index contributed by atoms with van der Waals surface area (Å²) >= 11 is 0. The molecule has 3 N–H and O–H groups in total. The van der Waals surface area contributed by atoms with Crippen molar-refractivity contribution in [1.29, 1.82) is 0 Å². The summed E-state index contributed by atoms with van der Waals surface area (Å²) < 4.78 is 0. The molecule has 1 fully saturated rings. The lowest BCUT2D eigenvalue weighted by molar-refractivity contribution is 0.0922. The van der Waals surface area contributed by atoms with E-state index in [1.54, 1.807) is 0 Å². The highest BCUT2D eigenvalue weighted by molar-refractivity contribution is 5.97. The van der Waals surface area contributed by atoms with E-state index in [2.05, 4.69) is 24.1 Å². The van der Waals surface area contributed by atoms with Gasteiger partial charge in [0.15, 0.2) is 0 Å². The van der Waals surface area contributed by atoms with Crippen molar-refractivity contribution in [3.8, 4) is 11.8 Å². The van der Waals surface area contributed by atoms with E-state index in [1.807, 2.05) is 25.1 Å². The molecule has 0 spiro atoms. The number of aryl methyl sites for hydroxylation is 1. The second kappa shape index (κ2) is 7.28. The molecule has 0 radical (unpaired) electrons. The summed E-state index contributed by atoms with van der Waals surface area (Å²) in [5, 5.41) is 3.16. The van der Waals surface area contributed by atoms with Gasteiger partial charge in [0, 0.05) is 11.6 Å². The molecular formula is C18H24N2O. The van der Waals surface area contributed by atoms with E-state index in [1.165, 1.54) is 12.8 Å². The first-order chi connectivity index (χ1) is 10.1. The van der Waals surface area contributed by atoms with Crippen molar-refractivity contribution in [3.63, 3.8) is 0 Å². The van der Waals surface area contributed by atoms with Crippen LogP contribution in [0.2, 0.25) is 0 Å². The zero-order valence-electron chi connectivity index (χ0n) is 12.9. The molecule has 21 heavy (non-hydrogen) atoms. The molecule has 0 bridgehead atoms. The fourth-order valence-electron chi connectivity index (χ4n) is 2.77. The molecule has 0 aliphatic heterocycles. The molecule has 1 saturated carbocycles. The van der Waals surface area contributed by atoms with E-state index in [4.69, 9.17) is 5.73 Å². The Morgan fingerprint density at radius 1 is 1.33 bits per heavy atom. The van der Waals surface area contributed by atoms with Crippen molar-refractivity contribution in [2.75, 3.05) is 6.54 Å². The smallest absolute Gasteiger partial charge is 0.252 e. The third kappa shape index (κ3) is 4.34. The molecule has 2 rings (SSSR count). The van der Waals surface area contributed by atoms with Crippen LogP contribution in [0, 0.1) is 24.7 Å². The minimum absolute atomic E-state index is 0.0143. The van der Waals surface area contributed by atoms with Crippen LogP contribution >= 0.6 is 0 Å². The lowest BCUT2D eigenvalue weighted by Gasteiger charge is -2.27. The number of rotatable bonds is 2. The van der Waals surface area contributed by atoms with Gasteiger partial charge < -0.3 is 11.1 Å². The third-order valence-corrected chi connectivity index (χ3v) is 4.10. The van der Waals surface area contributed by atoms with Crippen molar-refractivity contribution in [1.82, 2.24) is 5.32 Å². The first-order valence-electron chi connectivity index (χ1n) is 7.70. The maximum atomic E-state index is 12.5. The summed E-state index contributed by atoms with van der Waals surface area (Å²) in [4.78, 5) is 12.5. The van der Waals surface area contributed by atoms with E-state index < -0.39 is 0 Å². The zero-order chi connectivity index (χ0) is 15.2. The molecular weight excluding hydrogens is 260 g/mol. The van der Waals surface area contributed by atoms with Crippen LogP contribution in [0.4, 0.5) is 0 Å². The number of nitrogens with one attached hydrogen (secondary N) is 1. The van der Waals surface area contributed by atoms with Crippen molar-refractivity contribution < 1.29 is 4.79 Å². The lowest BCUT2D eigenvalue weighted by atomic mass is 9.87. The Balaban J connectivity index is 2.12. The SMILES string of the molecule is Cc1ccc(C#CCN)c(C(=O)NC2CCC(C)CC2)c1. The quantitative estimate of drug-likeness (QED) is 0.820. The van der Waals surface area contributed by atoms with Crippen LogP contribution in [-0.4, -0.2) is 18.5 Å². The molecule has 1 aromatic carbocycles. The van der Waals surface area contributed by atoms with Gasteiger partial charge in [-0.25, -0.2) is 0 Å². The third-order valence-electron chi connectivity index (χ3n) is 4.10. The molecule has 3 nitrogen and oxygen atoms in total. The molecule has 0 aromatic heterocycles. The Kier molecular flexibility index (Phi) is 5.41. The van der Waals surface area contributed by atoms with Crippen LogP contribution < -0.4 is 11.1 Å². The van der Waals surface area contributed by atoms with Gasteiger partial charge in [0.2, 0.25) is 0 Å². The highest BCUT2D eigenvalue weighted by atomic mass is 16.1. The van der Waals surface area contributed by atoms with Crippen LogP contribution in [-0.2, 0) is 0 Å². The van der Waals surface area contributed by atoms with Gasteiger partial charge in [-0.2, -0.15) is 0 Å². The van der Waals surface area contributed by atoms with Crippen LogP contribution in [0.1, 0.15) is 54.1 Å². The second-order valence-electron chi connectivity index (χ2n) is 5.99. The largest absolute Gasteiger partial charge is 0.349 e. The minimum atomic E-state index is -0.0143. The maximum absolute atomic E-state index is 12.5. The number of carbonyl (C=O) groups is 1. The Hall–Kier alpha value is -1.79. The van der Waals surface area contributed by atoms with Gasteiger partial charge in [-0.05, 0) is 50.7 Å². The van der Waals surface area contributed by atoms with Crippen molar-refractivity contribution in [3.05, 3.63) is 34.9 Å². The number of hydrogen-bond donors (Lipinski definition) is 2. The van der Waals surface area contributed by atoms with Gasteiger partial charge in [0.1, 0.15) is 0 Å². The first-order valence-corrected chi connectivity index (χ1v) is 7.70. The average molecular weight is 284 g/mol. The summed E-state index contributed by atoms with van der Waals surface area (Å²) in [6, 6.07) is 6.07. The standard InChI is InChI=1S/C18H24N2O/c1-13-6-9-16(10-7-13)20-18(21)17-12-14(2)5-8-15(17)4-3-11-19/h5,8,12-13,16H,6-7,9-11,19H2,1-2H3,(H,20,21). The van der Waals surface area contributed by atoms with Gasteiger partial charge in [-0.3, -0.25) is 4.79 Å². The van der Waals surface area contributed by atoms with E-state index in [-0.39, 0.29) is 5.91 Å². The second-order valence-corrected chi connectivity index (χ2v) is 5.99. The van der Waals surface area contributed by atoms with Crippen LogP contribution in [0.5, 0.6) is 0 Å². The summed E-state index contributed by atoms with van der Waals surface area (Å²) in [5.41, 5.74) is 7.90. The first kappa shape index (κ1) is 15.6. The van der Waals surface area contributed by atoms with Crippen LogP contribution in [0.15, 0.2) is 18.2 Å². The van der Waals surface area contributed by atoms with E-state index in [0.717, 1.165) is 29.9 Å². The maximum Gasteiger partial charge on any atom is 0.252 e. The number of benzene rings is 1. The highest BCUT2D eigenvalue weighted by Crippen LogP contribution is 2.24. The molecule has 0 atom stereocenters. The highest BCUT2D eigenvalue weighted by Gasteiger charge is 2.21. The lowest BCUT2D eigenvalue weighted by Crippen LogP contribution is -2.37. The average Bonchev–Trinajstić information content (AvgIpc) is 2.48. The summed E-state index contributed by atoms with van der Waals surface area (Å²) in [6.07, 6.45) is 4.53. The Morgan fingerprint density at radius 2 is 2.05 bits per heavy atom. The van der Waals surface area contributed by atoms with E-state index >= 15 is 0 Å². The molecule has 0 unspecified atom stereocenters. The number of nitrogens with two attached hydrogens (primary N) is 1. The normalized spacial score (nSPS) is 21.3. The number of hydrogen-bond acceptors (Lipinski definition) is 2. The predicted molar refractivity (Wildman–Crippen MR) is 86.0 cm³/mol. The number of amides is 1. The fourth-order valence-corrected chi connectivity index (χ4v) is 2.77. The van der Waals surface area contributed by atoms with Crippen molar-refractivity contribution >= 4 is 5.91 Å². The molecule has 0 saturated heterocycles. The summed E-state index contributed by atoms with van der Waals surface area (Å²) in [6.45, 7) is 4.56. The summed E-state index contributed by atoms with van der Waals surface area (Å²) in [5.74, 6) is 6.58. The van der Waals surface area contributed by atoms with E-state index in [9.17, 15) is 4.79 Å².